The van der Waals surface area contributed by atoms with E-state index in [-0.39, 0.29) is 11.3 Å². The van der Waals surface area contributed by atoms with E-state index >= 15 is 0 Å². The summed E-state index contributed by atoms with van der Waals surface area (Å²) in [6.45, 7) is 3.14. The van der Waals surface area contributed by atoms with Crippen molar-refractivity contribution in [2.24, 2.45) is 0 Å². The second kappa shape index (κ2) is 9.78. The maximum atomic E-state index is 12.9. The van der Waals surface area contributed by atoms with Gasteiger partial charge in [0, 0.05) is 30.8 Å². The summed E-state index contributed by atoms with van der Waals surface area (Å²) in [7, 11) is 1.58. The Morgan fingerprint density at radius 1 is 1.17 bits per heavy atom. The van der Waals surface area contributed by atoms with Gasteiger partial charge < -0.3 is 19.5 Å². The first-order valence-electron chi connectivity index (χ1n) is 9.74. The number of nitrogens with zero attached hydrogens (tertiary/aromatic N) is 1. The number of carbonyl (C=O) groups is 2. The lowest BCUT2D eigenvalue weighted by Gasteiger charge is -2.25. The number of ketones is 1. The monoisotopic (exact) mass is 429 g/mol. The van der Waals surface area contributed by atoms with Crippen LogP contribution in [0.25, 0.3) is 5.76 Å². The van der Waals surface area contributed by atoms with Gasteiger partial charge in [0.25, 0.3) is 11.7 Å². The molecule has 1 heterocycles. The van der Waals surface area contributed by atoms with Crippen molar-refractivity contribution in [2.75, 3.05) is 26.9 Å². The molecule has 0 bridgehead atoms. The van der Waals surface area contributed by atoms with E-state index in [0.29, 0.717) is 48.1 Å². The molecule has 1 unspecified atom stereocenters. The molecule has 1 amide bonds. The first kappa shape index (κ1) is 21.9. The molecule has 7 heteroatoms. The zero-order valence-corrected chi connectivity index (χ0v) is 17.7. The van der Waals surface area contributed by atoms with Gasteiger partial charge in [0.05, 0.1) is 18.2 Å². The molecular weight excluding hydrogens is 406 g/mol. The van der Waals surface area contributed by atoms with Gasteiger partial charge in [0.15, 0.2) is 0 Å². The molecule has 0 radical (unpaired) electrons. The predicted octanol–water partition coefficient (Wildman–Crippen LogP) is 4.20. The van der Waals surface area contributed by atoms with Gasteiger partial charge in [-0.2, -0.15) is 0 Å². The fraction of sp³-hybridized carbons (Fsp3) is 0.304. The molecule has 1 aliphatic rings. The Morgan fingerprint density at radius 2 is 1.90 bits per heavy atom. The summed E-state index contributed by atoms with van der Waals surface area (Å²) in [4.78, 5) is 27.2. The normalized spacial score (nSPS) is 18.1. The quantitative estimate of drug-likeness (QED) is 0.294. The van der Waals surface area contributed by atoms with Gasteiger partial charge in [-0.3, -0.25) is 9.59 Å². The maximum absolute atomic E-state index is 12.9. The van der Waals surface area contributed by atoms with Gasteiger partial charge >= 0.3 is 0 Å². The summed E-state index contributed by atoms with van der Waals surface area (Å²) >= 11 is 5.94. The number of halogens is 1. The van der Waals surface area contributed by atoms with Crippen molar-refractivity contribution in [2.45, 2.75) is 19.4 Å². The average molecular weight is 430 g/mol. The van der Waals surface area contributed by atoms with E-state index in [4.69, 9.17) is 21.1 Å². The molecule has 0 aromatic heterocycles. The van der Waals surface area contributed by atoms with Crippen LogP contribution in [0.5, 0.6) is 5.75 Å². The number of aliphatic hydroxyl groups is 1. The molecule has 0 saturated carbocycles. The van der Waals surface area contributed by atoms with Crippen molar-refractivity contribution in [3.63, 3.8) is 0 Å². The number of hydrogen-bond donors (Lipinski definition) is 1. The second-order valence-electron chi connectivity index (χ2n) is 6.85. The van der Waals surface area contributed by atoms with Crippen LogP contribution in [0.1, 0.15) is 30.5 Å². The highest BCUT2D eigenvalue weighted by molar-refractivity contribution is 6.46. The van der Waals surface area contributed by atoms with E-state index in [0.717, 1.165) is 0 Å². The third kappa shape index (κ3) is 4.50. The van der Waals surface area contributed by atoms with Crippen LogP contribution in [0, 0.1) is 0 Å². The molecule has 2 aromatic rings. The fourth-order valence-corrected chi connectivity index (χ4v) is 3.67. The van der Waals surface area contributed by atoms with Gasteiger partial charge in [0.2, 0.25) is 0 Å². The van der Waals surface area contributed by atoms with E-state index < -0.39 is 17.7 Å². The van der Waals surface area contributed by atoms with E-state index in [9.17, 15) is 14.7 Å². The van der Waals surface area contributed by atoms with E-state index in [2.05, 4.69) is 0 Å². The molecule has 1 fully saturated rings. The molecular formula is C23H24ClNO5. The van der Waals surface area contributed by atoms with Crippen LogP contribution in [0.4, 0.5) is 0 Å². The number of ether oxygens (including phenoxy) is 2. The zero-order chi connectivity index (χ0) is 21.7. The maximum Gasteiger partial charge on any atom is 0.295 e. The smallest absolute Gasteiger partial charge is 0.295 e. The predicted molar refractivity (Wildman–Crippen MR) is 115 cm³/mol. The lowest BCUT2D eigenvalue weighted by atomic mass is 9.95. The number of hydrogen-bond acceptors (Lipinski definition) is 5. The zero-order valence-electron chi connectivity index (χ0n) is 16.9. The fourth-order valence-electron chi connectivity index (χ4n) is 3.54. The number of amides is 1. The van der Waals surface area contributed by atoms with Gasteiger partial charge in [-0.1, -0.05) is 23.7 Å². The van der Waals surface area contributed by atoms with Crippen molar-refractivity contribution < 1.29 is 24.2 Å². The topological polar surface area (TPSA) is 76.1 Å². The van der Waals surface area contributed by atoms with Crippen LogP contribution >= 0.6 is 11.6 Å². The van der Waals surface area contributed by atoms with Gasteiger partial charge in [0.1, 0.15) is 11.5 Å². The summed E-state index contributed by atoms with van der Waals surface area (Å²) in [6, 6.07) is 13.0. The Labute approximate surface area is 180 Å². The molecule has 1 atom stereocenters. The van der Waals surface area contributed by atoms with Crippen LogP contribution < -0.4 is 4.74 Å². The van der Waals surface area contributed by atoms with Gasteiger partial charge in [-0.05, 0) is 55.3 Å². The molecule has 1 saturated heterocycles. The van der Waals surface area contributed by atoms with Crippen molar-refractivity contribution in [3.05, 3.63) is 70.3 Å². The summed E-state index contributed by atoms with van der Waals surface area (Å²) in [6.07, 6.45) is 0.562. The van der Waals surface area contributed by atoms with Crippen molar-refractivity contribution in [1.82, 2.24) is 4.90 Å². The average Bonchev–Trinajstić information content (AvgIpc) is 2.99. The lowest BCUT2D eigenvalue weighted by molar-refractivity contribution is -0.140. The van der Waals surface area contributed by atoms with Crippen LogP contribution in [0.2, 0.25) is 5.02 Å². The van der Waals surface area contributed by atoms with Gasteiger partial charge in [-0.25, -0.2) is 0 Å². The molecule has 0 spiro atoms. The Morgan fingerprint density at radius 3 is 2.57 bits per heavy atom. The SMILES string of the molecule is CCOc1cccc(C2/C(=C(/O)c3ccc(Cl)cc3)C(=O)C(=O)N2CCCOC)c1. The second-order valence-corrected chi connectivity index (χ2v) is 7.29. The minimum atomic E-state index is -0.724. The van der Waals surface area contributed by atoms with Crippen LogP contribution in [-0.2, 0) is 14.3 Å². The van der Waals surface area contributed by atoms with Crippen molar-refractivity contribution in [3.8, 4) is 5.75 Å². The molecule has 0 aliphatic carbocycles. The number of aliphatic hydroxyl groups excluding tert-OH is 1. The molecule has 6 nitrogen and oxygen atoms in total. The largest absolute Gasteiger partial charge is 0.507 e. The Balaban J connectivity index is 2.11. The molecule has 158 valence electrons. The highest BCUT2D eigenvalue weighted by atomic mass is 35.5. The van der Waals surface area contributed by atoms with Crippen LogP contribution in [-0.4, -0.2) is 48.6 Å². The minimum Gasteiger partial charge on any atom is -0.507 e. The lowest BCUT2D eigenvalue weighted by Crippen LogP contribution is -2.31. The van der Waals surface area contributed by atoms with E-state index in [1.165, 1.54) is 4.90 Å². The molecule has 1 N–H and O–H groups in total. The van der Waals surface area contributed by atoms with E-state index in [1.807, 2.05) is 19.1 Å². The molecule has 2 aromatic carbocycles. The number of Topliss-reactive ketones (excluding diaryl/α,β-unsaturated/α-hetero) is 1. The van der Waals surface area contributed by atoms with Crippen LogP contribution in [0.3, 0.4) is 0 Å². The number of likely N-dealkylation sites (tertiary alicyclic amines) is 1. The molecule has 30 heavy (non-hydrogen) atoms. The first-order chi connectivity index (χ1) is 14.5. The molecule has 3 rings (SSSR count). The standard InChI is InChI=1S/C23H24ClNO5/c1-3-30-18-7-4-6-16(14-18)20-19(21(26)15-8-10-17(24)11-9-15)22(27)23(28)25(20)12-5-13-29-2/h4,6-11,14,20,26H,3,5,12-13H2,1-2H3/b21-19-. The minimum absolute atomic E-state index is 0.0494. The highest BCUT2D eigenvalue weighted by Crippen LogP contribution is 2.40. The highest BCUT2D eigenvalue weighted by Gasteiger charge is 2.45. The summed E-state index contributed by atoms with van der Waals surface area (Å²) < 4.78 is 10.7. The Hall–Kier alpha value is -2.83. The number of methoxy groups -OCH3 is 1. The van der Waals surface area contributed by atoms with E-state index in [1.54, 1.807) is 43.5 Å². The van der Waals surface area contributed by atoms with Crippen molar-refractivity contribution >= 4 is 29.1 Å². The Bertz CT molecular complexity index is 954. The number of rotatable bonds is 8. The number of benzene rings is 2. The van der Waals surface area contributed by atoms with Crippen LogP contribution in [0.15, 0.2) is 54.1 Å². The number of carbonyl (C=O) groups excluding carboxylic acids is 2. The summed E-state index contributed by atoms with van der Waals surface area (Å²) in [5, 5.41) is 11.5. The first-order valence-corrected chi connectivity index (χ1v) is 10.1. The third-order valence-corrected chi connectivity index (χ3v) is 5.14. The Kier molecular flexibility index (Phi) is 7.13. The third-order valence-electron chi connectivity index (χ3n) is 4.89. The van der Waals surface area contributed by atoms with Gasteiger partial charge in [-0.15, -0.1) is 0 Å². The molecule has 1 aliphatic heterocycles. The summed E-state index contributed by atoms with van der Waals surface area (Å²) in [5.74, 6) is -0.963. The summed E-state index contributed by atoms with van der Waals surface area (Å²) in [5.41, 5.74) is 1.15. The van der Waals surface area contributed by atoms with Crippen molar-refractivity contribution in [1.29, 1.82) is 0 Å².